The number of rotatable bonds is 18. The standard InChI is InChI=1S/C10H19N3O6.C8H19NO5.Gd/c14-8(15)5-11-1-3-13(7-10(18)19)4-2-12-6-9(16)17;1-9(2)3-5(11)7(13)8(14)6(12)4-10;/h11-12H,1-7H2,(H,14,15)(H,16,17)(H,18,19);5-8,10-14H,3-4H2,1-2H3;/q;;+3/p-3. The minimum atomic E-state index is -1.55. The summed E-state index contributed by atoms with van der Waals surface area (Å²) in [7, 11) is 3.40. The van der Waals surface area contributed by atoms with Gasteiger partial charge in [0.15, 0.2) is 0 Å². The number of aliphatic hydroxyl groups excluding tert-OH is 5. The van der Waals surface area contributed by atoms with Crippen molar-refractivity contribution in [2.24, 2.45) is 0 Å². The van der Waals surface area contributed by atoms with Crippen LogP contribution in [-0.4, -0.2) is 151 Å². The van der Waals surface area contributed by atoms with Crippen LogP contribution in [0.5, 0.6) is 0 Å². The number of carbonyl (C=O) groups is 3. The quantitative estimate of drug-likeness (QED) is 0.0687. The van der Waals surface area contributed by atoms with Crippen LogP contribution in [0.3, 0.4) is 0 Å². The van der Waals surface area contributed by atoms with Gasteiger partial charge in [0.25, 0.3) is 0 Å². The summed E-state index contributed by atoms with van der Waals surface area (Å²) >= 11 is 0. The minimum Gasteiger partial charge on any atom is -0.549 e. The van der Waals surface area contributed by atoms with E-state index in [0.29, 0.717) is 0 Å². The van der Waals surface area contributed by atoms with E-state index < -0.39 is 48.9 Å². The SMILES string of the molecule is CN(C)CC(O)C(O)C(O)C(O)CO.O=C([O-])CNCCN(CCNCC(=O)[O-])CC(=O)[O-].[Gd+3]. The molecular weight excluding hydrogens is 605 g/mol. The zero-order chi connectivity index (χ0) is 26.0. The molecule has 0 rings (SSSR count). The molecular formula is C18H35GdN4O11. The van der Waals surface area contributed by atoms with Gasteiger partial charge in [0.05, 0.1) is 30.6 Å². The third-order valence-corrected chi connectivity index (χ3v) is 3.98. The second-order valence-corrected chi connectivity index (χ2v) is 7.31. The van der Waals surface area contributed by atoms with Crippen molar-refractivity contribution in [3.8, 4) is 0 Å². The van der Waals surface area contributed by atoms with Crippen molar-refractivity contribution in [2.75, 3.05) is 73.1 Å². The van der Waals surface area contributed by atoms with Gasteiger partial charge in [-0.1, -0.05) is 0 Å². The molecule has 0 saturated carbocycles. The van der Waals surface area contributed by atoms with E-state index in [2.05, 4.69) is 10.6 Å². The van der Waals surface area contributed by atoms with Crippen LogP contribution < -0.4 is 26.0 Å². The summed E-state index contributed by atoms with van der Waals surface area (Å²) in [5, 5.41) is 81.3. The van der Waals surface area contributed by atoms with Crippen LogP contribution in [0, 0.1) is 39.9 Å². The van der Waals surface area contributed by atoms with E-state index in [0.717, 1.165) is 0 Å². The zero-order valence-corrected chi connectivity index (χ0v) is 21.4. The van der Waals surface area contributed by atoms with Crippen molar-refractivity contribution in [3.05, 3.63) is 0 Å². The monoisotopic (exact) mass is 641 g/mol. The smallest absolute Gasteiger partial charge is 0.549 e. The second-order valence-electron chi connectivity index (χ2n) is 7.31. The Hall–Kier alpha value is -0.625. The molecule has 0 fully saturated rings. The number of nitrogens with zero attached hydrogens (tertiary/aromatic N) is 2. The van der Waals surface area contributed by atoms with E-state index in [9.17, 15) is 45.0 Å². The number of hydrogen-bond donors (Lipinski definition) is 7. The number of carbonyl (C=O) groups excluding carboxylic acids is 3. The first-order valence-electron chi connectivity index (χ1n) is 10.0. The van der Waals surface area contributed by atoms with Crippen LogP contribution >= 0.6 is 0 Å². The molecule has 16 heteroatoms. The average Bonchev–Trinajstić information content (AvgIpc) is 2.71. The molecule has 0 aliphatic heterocycles. The van der Waals surface area contributed by atoms with Crippen molar-refractivity contribution >= 4 is 17.9 Å². The average molecular weight is 641 g/mol. The maximum atomic E-state index is 10.5. The number of aliphatic carboxylic acids is 3. The Morgan fingerprint density at radius 1 is 0.794 bits per heavy atom. The Kier molecular flexibility index (Phi) is 25.4. The molecule has 0 spiro atoms. The third-order valence-electron chi connectivity index (χ3n) is 3.98. The summed E-state index contributed by atoms with van der Waals surface area (Å²) in [5.41, 5.74) is 0. The van der Waals surface area contributed by atoms with Gasteiger partial charge < -0.3 is 70.8 Å². The maximum absolute atomic E-state index is 10.5. The minimum absolute atomic E-state index is 0. The summed E-state index contributed by atoms with van der Waals surface area (Å²) < 4.78 is 0. The van der Waals surface area contributed by atoms with Gasteiger partial charge in [0.1, 0.15) is 18.3 Å². The molecule has 4 atom stereocenters. The van der Waals surface area contributed by atoms with E-state index in [-0.39, 0.29) is 92.3 Å². The van der Waals surface area contributed by atoms with Gasteiger partial charge in [0, 0.05) is 52.4 Å². The van der Waals surface area contributed by atoms with E-state index in [1.54, 1.807) is 19.0 Å². The van der Waals surface area contributed by atoms with Crippen LogP contribution in [0.2, 0.25) is 0 Å². The Morgan fingerprint density at radius 3 is 1.53 bits per heavy atom. The molecule has 0 saturated heterocycles. The fourth-order valence-corrected chi connectivity index (χ4v) is 2.35. The van der Waals surface area contributed by atoms with Crippen LogP contribution in [0.25, 0.3) is 0 Å². The molecule has 0 aromatic carbocycles. The predicted molar refractivity (Wildman–Crippen MR) is 107 cm³/mol. The Morgan fingerprint density at radius 2 is 1.21 bits per heavy atom. The molecule has 0 aromatic rings. The van der Waals surface area contributed by atoms with Gasteiger partial charge in [0.2, 0.25) is 0 Å². The Labute approximate surface area is 230 Å². The third kappa shape index (κ3) is 23.1. The molecule has 0 aliphatic carbocycles. The predicted octanol–water partition coefficient (Wildman–Crippen LogP) is -9.30. The van der Waals surface area contributed by atoms with Crippen LogP contribution in [0.15, 0.2) is 0 Å². The second kappa shape index (κ2) is 22.8. The first-order valence-corrected chi connectivity index (χ1v) is 10.0. The molecule has 201 valence electrons. The van der Waals surface area contributed by atoms with Crippen molar-refractivity contribution in [2.45, 2.75) is 24.4 Å². The van der Waals surface area contributed by atoms with E-state index >= 15 is 0 Å². The number of likely N-dealkylation sites (N-methyl/N-ethyl adjacent to an activating group) is 1. The summed E-state index contributed by atoms with van der Waals surface area (Å²) in [6.45, 7) is -0.348. The molecule has 4 unspecified atom stereocenters. The molecule has 15 nitrogen and oxygen atoms in total. The van der Waals surface area contributed by atoms with Gasteiger partial charge in [-0.15, -0.1) is 0 Å². The summed E-state index contributed by atoms with van der Waals surface area (Å²) in [5.74, 6) is -3.76. The van der Waals surface area contributed by atoms with Crippen molar-refractivity contribution in [3.63, 3.8) is 0 Å². The van der Waals surface area contributed by atoms with Crippen LogP contribution in [0.1, 0.15) is 0 Å². The topological polar surface area (TPSA) is 252 Å². The van der Waals surface area contributed by atoms with Gasteiger partial charge >= 0.3 is 39.9 Å². The first-order chi connectivity index (χ1) is 15.3. The fraction of sp³-hybridized carbons (Fsp3) is 0.833. The molecule has 34 heavy (non-hydrogen) atoms. The van der Waals surface area contributed by atoms with Crippen molar-refractivity contribution in [1.82, 2.24) is 20.4 Å². The first kappa shape index (κ1) is 37.9. The van der Waals surface area contributed by atoms with Crippen LogP contribution in [-0.2, 0) is 14.4 Å². The van der Waals surface area contributed by atoms with Crippen molar-refractivity contribution in [1.29, 1.82) is 0 Å². The Balaban J connectivity index is -0.000000573. The van der Waals surface area contributed by atoms with Gasteiger partial charge in [-0.05, 0) is 14.1 Å². The van der Waals surface area contributed by atoms with E-state index in [4.69, 9.17) is 10.2 Å². The molecule has 0 heterocycles. The van der Waals surface area contributed by atoms with Gasteiger partial charge in [-0.2, -0.15) is 0 Å². The van der Waals surface area contributed by atoms with Gasteiger partial charge in [-0.3, -0.25) is 4.90 Å². The number of carboxylic acid groups (broad SMARTS) is 3. The van der Waals surface area contributed by atoms with Crippen molar-refractivity contribution < 1.29 is 95.2 Å². The Bertz CT molecular complexity index is 538. The molecule has 0 aliphatic rings. The normalized spacial score (nSPS) is 14.4. The summed E-state index contributed by atoms with van der Waals surface area (Å²) in [6.07, 6.45) is -5.63. The molecule has 0 bridgehead atoms. The molecule has 1 radical (unpaired) electrons. The number of aliphatic hydroxyl groups is 5. The molecule has 0 aromatic heterocycles. The fourth-order valence-electron chi connectivity index (χ4n) is 2.35. The number of nitrogens with one attached hydrogen (secondary N) is 2. The molecule has 0 amide bonds. The van der Waals surface area contributed by atoms with Crippen LogP contribution in [0.4, 0.5) is 0 Å². The van der Waals surface area contributed by atoms with E-state index in [1.165, 1.54) is 4.90 Å². The number of carboxylic acids is 3. The number of hydrogen-bond acceptors (Lipinski definition) is 15. The van der Waals surface area contributed by atoms with E-state index in [1.807, 2.05) is 0 Å². The summed E-state index contributed by atoms with van der Waals surface area (Å²) in [6, 6.07) is 0. The largest absolute Gasteiger partial charge is 3.00 e. The maximum Gasteiger partial charge on any atom is 3.00 e. The zero-order valence-electron chi connectivity index (χ0n) is 19.1. The van der Waals surface area contributed by atoms with Gasteiger partial charge in [-0.25, -0.2) is 0 Å². The summed E-state index contributed by atoms with van der Waals surface area (Å²) in [4.78, 5) is 33.9. The molecule has 7 N–H and O–H groups in total.